The van der Waals surface area contributed by atoms with Crippen molar-refractivity contribution < 1.29 is 13.9 Å². The Morgan fingerprint density at radius 3 is 2.85 bits per heavy atom. The molecule has 1 aromatic heterocycles. The highest BCUT2D eigenvalue weighted by molar-refractivity contribution is 6.42. The first kappa shape index (κ1) is 18.0. The van der Waals surface area contributed by atoms with Crippen LogP contribution >= 0.6 is 23.2 Å². The molecule has 0 radical (unpaired) electrons. The highest BCUT2D eigenvalue weighted by atomic mass is 35.5. The van der Waals surface area contributed by atoms with Crippen LogP contribution in [0, 0.1) is 0 Å². The van der Waals surface area contributed by atoms with Gasteiger partial charge < -0.3 is 9.15 Å². The molecule has 0 aliphatic heterocycles. The first-order chi connectivity index (χ1) is 12.6. The summed E-state index contributed by atoms with van der Waals surface area (Å²) in [5.41, 5.74) is 2.70. The molecule has 0 bridgehead atoms. The topological polar surface area (TPSA) is 80.9 Å². The molecule has 0 saturated carbocycles. The van der Waals surface area contributed by atoms with E-state index >= 15 is 0 Å². The van der Waals surface area contributed by atoms with Crippen molar-refractivity contribution in [2.75, 3.05) is 6.61 Å². The smallest absolute Gasteiger partial charge is 0.277 e. The van der Waals surface area contributed by atoms with Crippen molar-refractivity contribution in [1.82, 2.24) is 5.43 Å². The molecule has 3 aromatic rings. The molecule has 0 saturated heterocycles. The maximum atomic E-state index is 12.3. The molecule has 0 aliphatic rings. The Morgan fingerprint density at radius 2 is 2.00 bits per heavy atom. The maximum absolute atomic E-state index is 12.3. The predicted molar refractivity (Wildman–Crippen MR) is 100 cm³/mol. The van der Waals surface area contributed by atoms with Crippen LogP contribution in [0.3, 0.4) is 0 Å². The van der Waals surface area contributed by atoms with Gasteiger partial charge in [0.1, 0.15) is 22.6 Å². The van der Waals surface area contributed by atoms with Gasteiger partial charge in [0.05, 0.1) is 22.2 Å². The fourth-order valence-electron chi connectivity index (χ4n) is 2.13. The molecule has 0 unspecified atom stereocenters. The number of amides is 1. The van der Waals surface area contributed by atoms with Crippen molar-refractivity contribution in [3.63, 3.8) is 0 Å². The summed E-state index contributed by atoms with van der Waals surface area (Å²) in [6.07, 6.45) is 2.49. The number of ether oxygens (including phenoxy) is 1. The minimum atomic E-state index is -0.525. The Labute approximate surface area is 158 Å². The van der Waals surface area contributed by atoms with Crippen molar-refractivity contribution >= 4 is 46.3 Å². The van der Waals surface area contributed by atoms with Crippen molar-refractivity contribution in [1.29, 1.82) is 0 Å². The second kappa shape index (κ2) is 8.03. The highest BCUT2D eigenvalue weighted by Gasteiger charge is 2.08. The number of carbonyl (C=O) groups excluding carboxylic acids is 1. The monoisotopic (exact) mass is 390 g/mol. The van der Waals surface area contributed by atoms with Crippen molar-refractivity contribution in [3.8, 4) is 5.75 Å². The van der Waals surface area contributed by atoms with Crippen LogP contribution in [0.4, 0.5) is 0 Å². The minimum absolute atomic E-state index is 0.211. The number of fused-ring (bicyclic) bond motifs is 1. The normalized spacial score (nSPS) is 11.0. The Hall–Kier alpha value is -2.83. The van der Waals surface area contributed by atoms with Crippen LogP contribution < -0.4 is 15.6 Å². The highest BCUT2D eigenvalue weighted by Crippen LogP contribution is 2.31. The van der Waals surface area contributed by atoms with Crippen LogP contribution in [0.25, 0.3) is 11.0 Å². The second-order valence-corrected chi connectivity index (χ2v) is 5.94. The third-order valence-electron chi connectivity index (χ3n) is 3.37. The number of halogens is 2. The number of rotatable bonds is 5. The summed E-state index contributed by atoms with van der Waals surface area (Å²) in [6, 6.07) is 11.7. The average molecular weight is 391 g/mol. The van der Waals surface area contributed by atoms with E-state index < -0.39 is 5.91 Å². The van der Waals surface area contributed by atoms with E-state index in [1.807, 2.05) is 0 Å². The molecule has 8 heteroatoms. The van der Waals surface area contributed by atoms with Gasteiger partial charge in [-0.05, 0) is 24.3 Å². The molecule has 0 fully saturated rings. The molecule has 0 spiro atoms. The van der Waals surface area contributed by atoms with Crippen molar-refractivity contribution in [2.45, 2.75) is 0 Å². The molecule has 132 valence electrons. The Balaban J connectivity index is 1.62. The van der Waals surface area contributed by atoms with Crippen LogP contribution in [-0.4, -0.2) is 18.7 Å². The lowest BCUT2D eigenvalue weighted by Gasteiger charge is -2.07. The lowest BCUT2D eigenvalue weighted by atomic mass is 10.2. The van der Waals surface area contributed by atoms with Gasteiger partial charge in [0, 0.05) is 0 Å². The number of hydrogen-bond acceptors (Lipinski definition) is 5. The SMILES string of the molecule is O=C(COc1cccc(Cl)c1Cl)N/N=C\c1coc2ccccc2c1=O. The van der Waals surface area contributed by atoms with Crippen LogP contribution in [0.2, 0.25) is 10.0 Å². The summed E-state index contributed by atoms with van der Waals surface area (Å²) >= 11 is 11.8. The van der Waals surface area contributed by atoms with E-state index in [-0.39, 0.29) is 28.4 Å². The van der Waals surface area contributed by atoms with Gasteiger partial charge in [-0.2, -0.15) is 5.10 Å². The first-order valence-corrected chi connectivity index (χ1v) is 8.21. The molecule has 1 heterocycles. The molecular formula is C18H12Cl2N2O4. The van der Waals surface area contributed by atoms with Crippen molar-refractivity contribution in [3.05, 3.63) is 74.6 Å². The number of hydrogen-bond donors (Lipinski definition) is 1. The first-order valence-electron chi connectivity index (χ1n) is 7.45. The number of nitrogens with one attached hydrogen (secondary N) is 1. The third-order valence-corrected chi connectivity index (χ3v) is 4.18. The Kier molecular flexibility index (Phi) is 5.55. The van der Waals surface area contributed by atoms with Gasteiger partial charge >= 0.3 is 0 Å². The number of carbonyl (C=O) groups is 1. The lowest BCUT2D eigenvalue weighted by molar-refractivity contribution is -0.123. The zero-order valence-electron chi connectivity index (χ0n) is 13.2. The summed E-state index contributed by atoms with van der Waals surface area (Å²) in [7, 11) is 0. The zero-order chi connectivity index (χ0) is 18.5. The predicted octanol–water partition coefficient (Wildman–Crippen LogP) is 3.63. The van der Waals surface area contributed by atoms with Crippen LogP contribution in [0.1, 0.15) is 5.56 Å². The summed E-state index contributed by atoms with van der Waals surface area (Å²) in [6.45, 7) is -0.316. The fraction of sp³-hybridized carbons (Fsp3) is 0.0556. The van der Waals surface area contributed by atoms with E-state index in [1.165, 1.54) is 12.5 Å². The molecule has 0 atom stereocenters. The maximum Gasteiger partial charge on any atom is 0.277 e. The summed E-state index contributed by atoms with van der Waals surface area (Å²) < 4.78 is 10.6. The number of hydrazone groups is 1. The fourth-order valence-corrected chi connectivity index (χ4v) is 2.47. The third kappa shape index (κ3) is 4.04. The van der Waals surface area contributed by atoms with Crippen LogP contribution in [0.15, 0.2) is 63.0 Å². The quantitative estimate of drug-likeness (QED) is 0.532. The summed E-state index contributed by atoms with van der Waals surface area (Å²) in [5.74, 6) is -0.240. The zero-order valence-corrected chi connectivity index (χ0v) is 14.8. The molecule has 1 amide bonds. The standard InChI is InChI=1S/C18H12Cl2N2O4/c19-13-5-3-7-15(17(13)20)26-10-16(23)22-21-8-11-9-25-14-6-2-1-4-12(14)18(11)24/h1-9H,10H2,(H,22,23)/b21-8-. The van der Waals surface area contributed by atoms with E-state index in [1.54, 1.807) is 42.5 Å². The van der Waals surface area contributed by atoms with Gasteiger partial charge in [0.2, 0.25) is 5.43 Å². The number of para-hydroxylation sites is 1. The van der Waals surface area contributed by atoms with E-state index in [0.717, 1.165) is 0 Å². The second-order valence-electron chi connectivity index (χ2n) is 5.15. The molecule has 2 aromatic carbocycles. The van der Waals surface area contributed by atoms with E-state index in [4.69, 9.17) is 32.4 Å². The molecule has 0 aliphatic carbocycles. The van der Waals surface area contributed by atoms with E-state index in [2.05, 4.69) is 10.5 Å². The van der Waals surface area contributed by atoms with Crippen LogP contribution in [-0.2, 0) is 4.79 Å². The van der Waals surface area contributed by atoms with E-state index in [9.17, 15) is 9.59 Å². The molecule has 1 N–H and O–H groups in total. The van der Waals surface area contributed by atoms with Crippen LogP contribution in [0.5, 0.6) is 5.75 Å². The number of benzene rings is 2. The van der Waals surface area contributed by atoms with Gasteiger partial charge in [-0.25, -0.2) is 5.43 Å². The largest absolute Gasteiger partial charge is 0.482 e. The number of nitrogens with zero attached hydrogens (tertiary/aromatic N) is 1. The summed E-state index contributed by atoms with van der Waals surface area (Å²) in [5, 5.41) is 4.72. The molecular weight excluding hydrogens is 379 g/mol. The Bertz CT molecular complexity index is 1050. The average Bonchev–Trinajstić information content (AvgIpc) is 2.65. The molecule has 3 rings (SSSR count). The van der Waals surface area contributed by atoms with Gasteiger partial charge in [-0.15, -0.1) is 0 Å². The van der Waals surface area contributed by atoms with Gasteiger partial charge in [-0.3, -0.25) is 9.59 Å². The minimum Gasteiger partial charge on any atom is -0.482 e. The Morgan fingerprint density at radius 1 is 1.19 bits per heavy atom. The van der Waals surface area contributed by atoms with Gasteiger partial charge in [0.15, 0.2) is 6.61 Å². The lowest BCUT2D eigenvalue weighted by Crippen LogP contribution is -2.25. The molecule has 6 nitrogen and oxygen atoms in total. The van der Waals surface area contributed by atoms with E-state index in [0.29, 0.717) is 16.0 Å². The van der Waals surface area contributed by atoms with Gasteiger partial charge in [0.25, 0.3) is 5.91 Å². The molecule has 26 heavy (non-hydrogen) atoms. The summed E-state index contributed by atoms with van der Waals surface area (Å²) in [4.78, 5) is 24.0. The van der Waals surface area contributed by atoms with Crippen molar-refractivity contribution in [2.24, 2.45) is 5.10 Å². The van der Waals surface area contributed by atoms with Gasteiger partial charge in [-0.1, -0.05) is 41.4 Å².